The maximum Gasteiger partial charge on any atom is 0.141 e. The second-order valence-electron chi connectivity index (χ2n) is 4.66. The molecule has 1 aromatic carbocycles. The average Bonchev–Trinajstić information content (AvgIpc) is 2.52. The molecule has 21 heavy (non-hydrogen) atoms. The van der Waals surface area contributed by atoms with E-state index in [4.69, 9.17) is 11.6 Å². The molecule has 0 amide bonds. The summed E-state index contributed by atoms with van der Waals surface area (Å²) in [7, 11) is 0. The predicted molar refractivity (Wildman–Crippen MR) is 91.2 cm³/mol. The SMILES string of the molecule is CCCNc1cc(CC)nc(CSc2ccccc2Cl)n1. The summed E-state index contributed by atoms with van der Waals surface area (Å²) in [6, 6.07) is 9.88. The molecule has 0 unspecified atom stereocenters. The lowest BCUT2D eigenvalue weighted by atomic mass is 10.3. The minimum atomic E-state index is 0.721. The number of nitrogens with one attached hydrogen (secondary N) is 1. The van der Waals surface area contributed by atoms with Crippen LogP contribution in [0.5, 0.6) is 0 Å². The molecule has 112 valence electrons. The lowest BCUT2D eigenvalue weighted by molar-refractivity contribution is 0.916. The Balaban J connectivity index is 2.09. The zero-order chi connectivity index (χ0) is 15.1. The molecule has 0 aliphatic carbocycles. The second kappa shape index (κ2) is 8.25. The minimum Gasteiger partial charge on any atom is -0.370 e. The molecule has 0 atom stereocenters. The quantitative estimate of drug-likeness (QED) is 0.743. The van der Waals surface area contributed by atoms with Gasteiger partial charge < -0.3 is 5.32 Å². The van der Waals surface area contributed by atoms with Crippen LogP contribution in [0.4, 0.5) is 5.82 Å². The summed E-state index contributed by atoms with van der Waals surface area (Å²) >= 11 is 7.84. The van der Waals surface area contributed by atoms with E-state index < -0.39 is 0 Å². The standard InChI is InChI=1S/C16H20ClN3S/c1-3-9-18-15-10-12(4-2)19-16(20-15)11-21-14-8-6-5-7-13(14)17/h5-8,10H,3-4,9,11H2,1-2H3,(H,18,19,20). The van der Waals surface area contributed by atoms with Gasteiger partial charge in [-0.3, -0.25) is 0 Å². The third-order valence-electron chi connectivity index (χ3n) is 2.94. The Bertz CT molecular complexity index is 589. The number of anilines is 1. The van der Waals surface area contributed by atoms with Crippen molar-refractivity contribution in [3.05, 3.63) is 46.9 Å². The van der Waals surface area contributed by atoms with Crippen molar-refractivity contribution >= 4 is 29.2 Å². The maximum absolute atomic E-state index is 6.17. The van der Waals surface area contributed by atoms with Gasteiger partial charge in [0, 0.05) is 23.2 Å². The fourth-order valence-corrected chi connectivity index (χ4v) is 2.94. The molecule has 0 aliphatic heterocycles. The fraction of sp³-hybridized carbons (Fsp3) is 0.375. The summed E-state index contributed by atoms with van der Waals surface area (Å²) in [6.07, 6.45) is 1.99. The second-order valence-corrected chi connectivity index (χ2v) is 6.08. The Morgan fingerprint density at radius 2 is 2.00 bits per heavy atom. The van der Waals surface area contributed by atoms with E-state index in [1.54, 1.807) is 11.8 Å². The number of halogens is 1. The van der Waals surface area contributed by atoms with Gasteiger partial charge >= 0.3 is 0 Å². The smallest absolute Gasteiger partial charge is 0.141 e. The summed E-state index contributed by atoms with van der Waals surface area (Å²) < 4.78 is 0. The number of nitrogens with zero attached hydrogens (tertiary/aromatic N) is 2. The zero-order valence-electron chi connectivity index (χ0n) is 12.4. The number of thioether (sulfide) groups is 1. The van der Waals surface area contributed by atoms with Crippen LogP contribution < -0.4 is 5.32 Å². The summed E-state index contributed by atoms with van der Waals surface area (Å²) in [5.41, 5.74) is 1.07. The van der Waals surface area contributed by atoms with E-state index >= 15 is 0 Å². The molecular weight excluding hydrogens is 302 g/mol. The number of hydrogen-bond donors (Lipinski definition) is 1. The first kappa shape index (κ1) is 16.1. The van der Waals surface area contributed by atoms with Crippen LogP contribution in [-0.4, -0.2) is 16.5 Å². The normalized spacial score (nSPS) is 10.6. The number of benzene rings is 1. The first-order valence-corrected chi connectivity index (χ1v) is 8.57. The van der Waals surface area contributed by atoms with Gasteiger partial charge in [-0.1, -0.05) is 37.6 Å². The van der Waals surface area contributed by atoms with Crippen molar-refractivity contribution in [2.24, 2.45) is 0 Å². The first-order valence-electron chi connectivity index (χ1n) is 7.21. The topological polar surface area (TPSA) is 37.8 Å². The monoisotopic (exact) mass is 321 g/mol. The molecule has 0 radical (unpaired) electrons. The van der Waals surface area contributed by atoms with E-state index in [1.807, 2.05) is 30.3 Å². The molecule has 0 aliphatic rings. The number of aryl methyl sites for hydroxylation is 1. The summed E-state index contributed by atoms with van der Waals surface area (Å²) in [4.78, 5) is 10.2. The Morgan fingerprint density at radius 1 is 1.19 bits per heavy atom. The van der Waals surface area contributed by atoms with Crippen molar-refractivity contribution in [1.82, 2.24) is 9.97 Å². The molecule has 2 rings (SSSR count). The van der Waals surface area contributed by atoms with Crippen molar-refractivity contribution in [3.8, 4) is 0 Å². The Hall–Kier alpha value is -1.26. The summed E-state index contributed by atoms with van der Waals surface area (Å²) in [6.45, 7) is 5.18. The van der Waals surface area contributed by atoms with E-state index in [1.165, 1.54) is 0 Å². The molecule has 0 saturated carbocycles. The fourth-order valence-electron chi connectivity index (χ4n) is 1.85. The van der Waals surface area contributed by atoms with Crippen molar-refractivity contribution in [2.45, 2.75) is 37.3 Å². The zero-order valence-corrected chi connectivity index (χ0v) is 14.0. The molecule has 3 nitrogen and oxygen atoms in total. The van der Waals surface area contributed by atoms with Gasteiger partial charge in [-0.25, -0.2) is 9.97 Å². The molecule has 0 fully saturated rings. The third kappa shape index (κ3) is 4.90. The van der Waals surface area contributed by atoms with Crippen molar-refractivity contribution in [1.29, 1.82) is 0 Å². The van der Waals surface area contributed by atoms with E-state index in [2.05, 4.69) is 29.1 Å². The van der Waals surface area contributed by atoms with Gasteiger partial charge in [-0.2, -0.15) is 0 Å². The first-order chi connectivity index (χ1) is 10.2. The minimum absolute atomic E-state index is 0.721. The summed E-state index contributed by atoms with van der Waals surface area (Å²) in [5, 5.41) is 4.11. The van der Waals surface area contributed by atoms with Gasteiger partial charge in [-0.15, -0.1) is 11.8 Å². The molecule has 0 bridgehead atoms. The van der Waals surface area contributed by atoms with Crippen LogP contribution in [-0.2, 0) is 12.2 Å². The number of hydrogen-bond acceptors (Lipinski definition) is 4. The molecule has 0 spiro atoms. The predicted octanol–water partition coefficient (Wildman–Crippen LogP) is 4.81. The van der Waals surface area contributed by atoms with Gasteiger partial charge in [0.15, 0.2) is 0 Å². The summed E-state index contributed by atoms with van der Waals surface area (Å²) in [5.74, 6) is 2.48. The van der Waals surface area contributed by atoms with E-state index in [9.17, 15) is 0 Å². The van der Waals surface area contributed by atoms with Crippen LogP contribution in [0.25, 0.3) is 0 Å². The van der Waals surface area contributed by atoms with Crippen LogP contribution in [0.3, 0.4) is 0 Å². The van der Waals surface area contributed by atoms with Crippen LogP contribution in [0.15, 0.2) is 35.2 Å². The largest absolute Gasteiger partial charge is 0.370 e. The maximum atomic E-state index is 6.17. The van der Waals surface area contributed by atoms with E-state index in [0.717, 1.165) is 52.4 Å². The van der Waals surface area contributed by atoms with Gasteiger partial charge in [-0.05, 0) is 25.0 Å². The van der Waals surface area contributed by atoms with Crippen molar-refractivity contribution in [2.75, 3.05) is 11.9 Å². The van der Waals surface area contributed by atoms with Gasteiger partial charge in [0.05, 0.1) is 10.8 Å². The molecule has 2 aromatic rings. The van der Waals surface area contributed by atoms with Gasteiger partial charge in [0.25, 0.3) is 0 Å². The van der Waals surface area contributed by atoms with Gasteiger partial charge in [0.2, 0.25) is 0 Å². The van der Waals surface area contributed by atoms with Crippen LogP contribution >= 0.6 is 23.4 Å². The molecule has 1 N–H and O–H groups in total. The highest BCUT2D eigenvalue weighted by Crippen LogP contribution is 2.28. The Morgan fingerprint density at radius 3 is 2.71 bits per heavy atom. The highest BCUT2D eigenvalue weighted by molar-refractivity contribution is 7.98. The van der Waals surface area contributed by atoms with E-state index in [0.29, 0.717) is 0 Å². The van der Waals surface area contributed by atoms with E-state index in [-0.39, 0.29) is 0 Å². The van der Waals surface area contributed by atoms with Crippen molar-refractivity contribution in [3.63, 3.8) is 0 Å². The van der Waals surface area contributed by atoms with Crippen LogP contribution in [0.1, 0.15) is 31.8 Å². The van der Waals surface area contributed by atoms with Gasteiger partial charge in [0.1, 0.15) is 11.6 Å². The lowest BCUT2D eigenvalue weighted by Gasteiger charge is -2.09. The molecule has 0 saturated heterocycles. The molecule has 5 heteroatoms. The van der Waals surface area contributed by atoms with Crippen LogP contribution in [0.2, 0.25) is 5.02 Å². The highest BCUT2D eigenvalue weighted by atomic mass is 35.5. The lowest BCUT2D eigenvalue weighted by Crippen LogP contribution is -2.06. The number of aromatic nitrogens is 2. The van der Waals surface area contributed by atoms with Crippen molar-refractivity contribution < 1.29 is 0 Å². The number of rotatable bonds is 7. The molecule has 1 heterocycles. The van der Waals surface area contributed by atoms with Crippen LogP contribution in [0, 0.1) is 0 Å². The molecular formula is C16H20ClN3S. The third-order valence-corrected chi connectivity index (χ3v) is 4.45. The Labute approximate surface area is 135 Å². The highest BCUT2D eigenvalue weighted by Gasteiger charge is 2.06. The molecule has 1 aromatic heterocycles. The average molecular weight is 322 g/mol. The Kier molecular flexibility index (Phi) is 6.33.